The van der Waals surface area contributed by atoms with Crippen molar-refractivity contribution in [2.45, 2.75) is 38.0 Å². The van der Waals surface area contributed by atoms with Crippen molar-refractivity contribution in [2.75, 3.05) is 12.4 Å². The summed E-state index contributed by atoms with van der Waals surface area (Å²) < 4.78 is 0. The number of Topliss-reactive ketones (excluding diaryl/α,β-unsaturated/α-hetero) is 1. The lowest BCUT2D eigenvalue weighted by Gasteiger charge is -2.23. The molecule has 1 aliphatic rings. The van der Waals surface area contributed by atoms with Crippen LogP contribution < -0.4 is 0 Å². The van der Waals surface area contributed by atoms with E-state index in [1.165, 1.54) is 0 Å². The predicted octanol–water partition coefficient (Wildman–Crippen LogP) is 5.03. The van der Waals surface area contributed by atoms with Crippen LogP contribution in [0.5, 0.6) is 0 Å². The maximum Gasteiger partial charge on any atom is 0.168 e. The van der Waals surface area contributed by atoms with Gasteiger partial charge in [-0.2, -0.15) is 0 Å². The molecular weight excluding hydrogens is 346 g/mol. The zero-order valence-corrected chi connectivity index (χ0v) is 15.5. The molecule has 1 unspecified atom stereocenters. The number of hydrogen-bond acceptors (Lipinski definition) is 5. The molecule has 0 amide bonds. The summed E-state index contributed by atoms with van der Waals surface area (Å²) in [7, 11) is 0. The molecule has 2 rings (SSSR count). The minimum absolute atomic E-state index is 0.0544. The lowest BCUT2D eigenvalue weighted by Crippen LogP contribution is -2.24. The largest absolute Gasteiger partial charge is 0.511 e. The Labute approximate surface area is 151 Å². The van der Waals surface area contributed by atoms with Crippen LogP contribution in [-0.4, -0.2) is 29.0 Å². The molecule has 4 nitrogen and oxygen atoms in total. The van der Waals surface area contributed by atoms with Crippen molar-refractivity contribution in [3.05, 3.63) is 40.6 Å². The Bertz CT molecular complexity index is 640. The van der Waals surface area contributed by atoms with Crippen LogP contribution >= 0.6 is 23.4 Å². The van der Waals surface area contributed by atoms with E-state index in [1.54, 1.807) is 18.7 Å². The summed E-state index contributed by atoms with van der Waals surface area (Å²) >= 11 is 7.60. The van der Waals surface area contributed by atoms with Crippen LogP contribution in [0.1, 0.15) is 33.1 Å². The summed E-state index contributed by atoms with van der Waals surface area (Å²) in [4.78, 5) is 18.4. The van der Waals surface area contributed by atoms with Crippen molar-refractivity contribution in [1.82, 2.24) is 0 Å². The van der Waals surface area contributed by atoms with Crippen LogP contribution in [0.4, 0.5) is 0 Å². The van der Waals surface area contributed by atoms with Gasteiger partial charge in [0, 0.05) is 22.8 Å². The number of aliphatic hydroxyl groups is 1. The number of halogens is 1. The van der Waals surface area contributed by atoms with Gasteiger partial charge in [0.2, 0.25) is 0 Å². The second-order valence-electron chi connectivity index (χ2n) is 5.70. The van der Waals surface area contributed by atoms with Crippen LogP contribution in [0.2, 0.25) is 5.02 Å². The lowest BCUT2D eigenvalue weighted by molar-refractivity contribution is -0.116. The Morgan fingerprint density at radius 2 is 2.08 bits per heavy atom. The molecule has 1 aromatic rings. The van der Waals surface area contributed by atoms with E-state index in [0.717, 1.165) is 22.1 Å². The number of ketones is 1. The Morgan fingerprint density at radius 1 is 1.38 bits per heavy atom. The summed E-state index contributed by atoms with van der Waals surface area (Å²) in [5.41, 5.74) is 0.776. The average Bonchev–Trinajstić information content (AvgIpc) is 2.54. The highest BCUT2D eigenvalue weighted by molar-refractivity contribution is 7.99. The van der Waals surface area contributed by atoms with Gasteiger partial charge >= 0.3 is 0 Å². The fraction of sp³-hybridized carbons (Fsp3) is 0.444. The molecule has 1 N–H and O–H groups in total. The van der Waals surface area contributed by atoms with E-state index in [1.807, 2.05) is 31.2 Å². The van der Waals surface area contributed by atoms with Gasteiger partial charge in [-0.25, -0.2) is 0 Å². The van der Waals surface area contributed by atoms with E-state index in [-0.39, 0.29) is 17.5 Å². The van der Waals surface area contributed by atoms with Crippen LogP contribution in [0.25, 0.3) is 0 Å². The molecule has 0 saturated heterocycles. The molecule has 1 aliphatic carbocycles. The molecular formula is C18H22ClNO3S. The number of carbonyl (C=O) groups excluding carboxylic acids is 1. The standard InChI is InChI=1S/C18H22ClNO3S/c1-3-23-20-12(2)18-16(21)10-13(11-17(18)22)8-9-24-15-6-4-14(19)5-7-15/h4-7,13,21H,3,8-11H2,1-2H3. The number of hydrogen-bond donors (Lipinski definition) is 1. The summed E-state index contributed by atoms with van der Waals surface area (Å²) in [5.74, 6) is 1.14. The van der Waals surface area contributed by atoms with Gasteiger partial charge in [-0.05, 0) is 56.2 Å². The molecule has 0 spiro atoms. The molecule has 0 aromatic heterocycles. The van der Waals surface area contributed by atoms with Crippen molar-refractivity contribution in [1.29, 1.82) is 0 Å². The molecule has 1 atom stereocenters. The topological polar surface area (TPSA) is 58.9 Å². The highest BCUT2D eigenvalue weighted by Gasteiger charge is 2.29. The third kappa shape index (κ3) is 5.28. The van der Waals surface area contributed by atoms with Gasteiger partial charge in [0.05, 0.1) is 11.3 Å². The van der Waals surface area contributed by atoms with E-state index < -0.39 is 0 Å². The van der Waals surface area contributed by atoms with Crippen LogP contribution in [-0.2, 0) is 9.63 Å². The first kappa shape index (κ1) is 18.9. The van der Waals surface area contributed by atoms with Gasteiger partial charge in [0.1, 0.15) is 12.4 Å². The minimum atomic E-state index is -0.0544. The van der Waals surface area contributed by atoms with Crippen molar-refractivity contribution >= 4 is 34.9 Å². The molecule has 0 fully saturated rings. The third-order valence-corrected chi connectivity index (χ3v) is 5.12. The number of oxime groups is 1. The summed E-state index contributed by atoms with van der Waals surface area (Å²) in [5, 5.41) is 14.8. The summed E-state index contributed by atoms with van der Waals surface area (Å²) in [6.45, 7) is 3.95. The molecule has 0 aliphatic heterocycles. The predicted molar refractivity (Wildman–Crippen MR) is 98.9 cm³/mol. The van der Waals surface area contributed by atoms with Crippen LogP contribution in [0.3, 0.4) is 0 Å². The molecule has 24 heavy (non-hydrogen) atoms. The normalized spacial score (nSPS) is 18.9. The Kier molecular flexibility index (Phi) is 7.18. The van der Waals surface area contributed by atoms with Gasteiger partial charge < -0.3 is 9.94 Å². The monoisotopic (exact) mass is 367 g/mol. The van der Waals surface area contributed by atoms with Gasteiger partial charge in [-0.1, -0.05) is 16.8 Å². The smallest absolute Gasteiger partial charge is 0.168 e. The van der Waals surface area contributed by atoms with E-state index in [0.29, 0.717) is 30.7 Å². The second-order valence-corrected chi connectivity index (χ2v) is 7.31. The highest BCUT2D eigenvalue weighted by Crippen LogP contribution is 2.31. The minimum Gasteiger partial charge on any atom is -0.511 e. The fourth-order valence-corrected chi connectivity index (χ4v) is 3.81. The zero-order chi connectivity index (χ0) is 17.5. The first-order valence-electron chi connectivity index (χ1n) is 8.01. The van der Waals surface area contributed by atoms with Gasteiger partial charge in [-0.15, -0.1) is 11.8 Å². The first-order chi connectivity index (χ1) is 11.5. The van der Waals surface area contributed by atoms with E-state index in [9.17, 15) is 9.90 Å². The maximum absolute atomic E-state index is 12.3. The van der Waals surface area contributed by atoms with E-state index >= 15 is 0 Å². The maximum atomic E-state index is 12.3. The Hall–Kier alpha value is -1.46. The molecule has 6 heteroatoms. The Balaban J connectivity index is 1.90. The third-order valence-electron chi connectivity index (χ3n) is 3.82. The van der Waals surface area contributed by atoms with Crippen molar-refractivity contribution in [3.63, 3.8) is 0 Å². The number of aliphatic hydroxyl groups excluding tert-OH is 1. The van der Waals surface area contributed by atoms with Crippen LogP contribution in [0.15, 0.2) is 45.6 Å². The number of allylic oxidation sites excluding steroid dienone is 2. The summed E-state index contributed by atoms with van der Waals surface area (Å²) in [6, 6.07) is 7.72. The van der Waals surface area contributed by atoms with Crippen molar-refractivity contribution in [2.24, 2.45) is 11.1 Å². The lowest BCUT2D eigenvalue weighted by atomic mass is 9.84. The molecule has 1 aromatic carbocycles. The quantitative estimate of drug-likeness (QED) is 0.417. The Morgan fingerprint density at radius 3 is 2.71 bits per heavy atom. The van der Waals surface area contributed by atoms with Gasteiger partial charge in [0.15, 0.2) is 5.78 Å². The second kappa shape index (κ2) is 9.14. The van der Waals surface area contributed by atoms with Gasteiger partial charge in [0.25, 0.3) is 0 Å². The molecule has 130 valence electrons. The average molecular weight is 368 g/mol. The fourth-order valence-electron chi connectivity index (χ4n) is 2.67. The highest BCUT2D eigenvalue weighted by atomic mass is 35.5. The number of rotatable bonds is 7. The number of carbonyl (C=O) groups is 1. The zero-order valence-electron chi connectivity index (χ0n) is 13.9. The number of thioether (sulfide) groups is 1. The molecule has 0 radical (unpaired) electrons. The van der Waals surface area contributed by atoms with Crippen molar-refractivity contribution in [3.8, 4) is 0 Å². The van der Waals surface area contributed by atoms with Crippen LogP contribution in [0, 0.1) is 5.92 Å². The van der Waals surface area contributed by atoms with Gasteiger partial charge in [-0.3, -0.25) is 4.79 Å². The van der Waals surface area contributed by atoms with E-state index in [2.05, 4.69) is 5.16 Å². The van der Waals surface area contributed by atoms with E-state index in [4.69, 9.17) is 16.4 Å². The number of nitrogens with zero attached hydrogens (tertiary/aromatic N) is 1. The molecule has 0 bridgehead atoms. The SMILES string of the molecule is CCON=C(C)C1=C(O)CC(CCSc2ccc(Cl)cc2)CC1=O. The van der Waals surface area contributed by atoms with Crippen molar-refractivity contribution < 1.29 is 14.7 Å². The molecule has 0 heterocycles. The first-order valence-corrected chi connectivity index (χ1v) is 9.38. The summed E-state index contributed by atoms with van der Waals surface area (Å²) in [6.07, 6.45) is 1.83. The molecule has 0 saturated carbocycles. The number of benzene rings is 1.